The quantitative estimate of drug-likeness (QED) is 0.560. The lowest BCUT2D eigenvalue weighted by Gasteiger charge is -2.03. The number of esters is 1. The van der Waals surface area contributed by atoms with Gasteiger partial charge in [-0.2, -0.15) is 0 Å². The van der Waals surface area contributed by atoms with E-state index < -0.39 is 6.04 Å². The molecule has 54 valence electrons. The van der Waals surface area contributed by atoms with Crippen molar-refractivity contribution in [3.8, 4) is 0 Å². The van der Waals surface area contributed by atoms with Crippen molar-refractivity contribution in [3.63, 3.8) is 0 Å². The number of rotatable bonds is 3. The fourth-order valence-electron chi connectivity index (χ4n) is 0.334. The number of carbonyl (C=O) groups is 1. The molecule has 1 atom stereocenters. The van der Waals surface area contributed by atoms with Gasteiger partial charge in [0.2, 0.25) is 0 Å². The Hall–Kier alpha value is -0.570. The van der Waals surface area contributed by atoms with Crippen molar-refractivity contribution < 1.29 is 9.53 Å². The minimum absolute atomic E-state index is 0.322. The predicted octanol–water partition coefficient (Wildman–Crippen LogP) is 0.287. The van der Waals surface area contributed by atoms with E-state index in [4.69, 9.17) is 5.73 Å². The summed E-state index contributed by atoms with van der Waals surface area (Å²) in [5, 5.41) is 0. The van der Waals surface area contributed by atoms with Crippen molar-refractivity contribution >= 4 is 5.97 Å². The fraction of sp³-hybridized carbons (Fsp3) is 0.833. The third-order valence-electron chi connectivity index (χ3n) is 0.820. The summed E-state index contributed by atoms with van der Waals surface area (Å²) in [7, 11) is 0. The highest BCUT2D eigenvalue weighted by Crippen LogP contribution is 1.85. The van der Waals surface area contributed by atoms with Crippen LogP contribution in [0.3, 0.4) is 0 Å². The molecule has 1 unspecified atom stereocenters. The zero-order valence-electron chi connectivity index (χ0n) is 5.89. The normalized spacial score (nSPS) is 12.8. The Morgan fingerprint density at radius 1 is 1.78 bits per heavy atom. The molecular formula is C6H13NO2. The first-order valence-corrected chi connectivity index (χ1v) is 3.10. The van der Waals surface area contributed by atoms with E-state index in [0.29, 0.717) is 6.61 Å². The summed E-state index contributed by atoms with van der Waals surface area (Å²) in [4.78, 5) is 10.6. The molecule has 0 heterocycles. The van der Waals surface area contributed by atoms with E-state index in [2.05, 4.69) is 4.74 Å². The molecule has 0 aliphatic rings. The van der Waals surface area contributed by atoms with Gasteiger partial charge in [-0.3, -0.25) is 4.79 Å². The van der Waals surface area contributed by atoms with E-state index in [1.54, 1.807) is 6.92 Å². The van der Waals surface area contributed by atoms with Crippen LogP contribution in [-0.2, 0) is 9.53 Å². The second kappa shape index (κ2) is 4.32. The minimum Gasteiger partial charge on any atom is -0.465 e. The molecule has 0 saturated heterocycles. The highest BCUT2D eigenvalue weighted by Gasteiger charge is 2.06. The van der Waals surface area contributed by atoms with Gasteiger partial charge in [0.15, 0.2) is 0 Å². The smallest absolute Gasteiger partial charge is 0.322 e. The van der Waals surface area contributed by atoms with Gasteiger partial charge in [0.1, 0.15) is 6.04 Å². The molecule has 0 saturated carbocycles. The monoisotopic (exact) mass is 131 g/mol. The van der Waals surface area contributed by atoms with Gasteiger partial charge in [-0.25, -0.2) is 0 Å². The molecule has 3 nitrogen and oxygen atoms in total. The molecule has 0 radical (unpaired) electrons. The summed E-state index contributed by atoms with van der Waals surface area (Å²) >= 11 is 0. The number of carbonyl (C=O) groups excluding carboxylic acids is 1. The average molecular weight is 131 g/mol. The molecular weight excluding hydrogens is 118 g/mol. The largest absolute Gasteiger partial charge is 0.465 e. The lowest BCUT2D eigenvalue weighted by atomic mass is 10.4. The van der Waals surface area contributed by atoms with Crippen molar-refractivity contribution in [2.75, 3.05) is 6.61 Å². The molecule has 0 aliphatic heterocycles. The van der Waals surface area contributed by atoms with Crippen LogP contribution in [0.25, 0.3) is 0 Å². The second-order valence-electron chi connectivity index (χ2n) is 1.96. The number of ether oxygens (including phenoxy) is 1. The van der Waals surface area contributed by atoms with Gasteiger partial charge in [-0.1, -0.05) is 6.92 Å². The molecule has 0 spiro atoms. The van der Waals surface area contributed by atoms with Crippen molar-refractivity contribution in [1.29, 1.82) is 0 Å². The van der Waals surface area contributed by atoms with Gasteiger partial charge >= 0.3 is 5.97 Å². The Balaban J connectivity index is 3.28. The first kappa shape index (κ1) is 8.43. The van der Waals surface area contributed by atoms with E-state index in [9.17, 15) is 4.79 Å². The van der Waals surface area contributed by atoms with Crippen LogP contribution in [0.2, 0.25) is 0 Å². The highest BCUT2D eigenvalue weighted by atomic mass is 16.5. The van der Waals surface area contributed by atoms with Crippen LogP contribution in [0.5, 0.6) is 0 Å². The summed E-state index contributed by atoms with van der Waals surface area (Å²) in [6.07, 6.45) is 0.846. The van der Waals surface area contributed by atoms with E-state index in [1.807, 2.05) is 6.92 Å². The zero-order chi connectivity index (χ0) is 7.28. The van der Waals surface area contributed by atoms with Crippen LogP contribution < -0.4 is 5.73 Å². The zero-order valence-corrected chi connectivity index (χ0v) is 5.89. The lowest BCUT2D eigenvalue weighted by molar-refractivity contribution is -0.144. The van der Waals surface area contributed by atoms with Gasteiger partial charge in [-0.15, -0.1) is 0 Å². The minimum atomic E-state index is -0.489. The molecule has 0 fully saturated rings. The molecule has 9 heavy (non-hydrogen) atoms. The molecule has 3 heteroatoms. The Morgan fingerprint density at radius 3 is 2.67 bits per heavy atom. The maximum Gasteiger partial charge on any atom is 0.322 e. The van der Waals surface area contributed by atoms with E-state index >= 15 is 0 Å². The Morgan fingerprint density at radius 2 is 2.33 bits per heavy atom. The maximum atomic E-state index is 10.6. The first-order chi connectivity index (χ1) is 4.18. The van der Waals surface area contributed by atoms with Crippen molar-refractivity contribution in [2.45, 2.75) is 26.3 Å². The molecule has 2 N–H and O–H groups in total. The van der Waals surface area contributed by atoms with Gasteiger partial charge < -0.3 is 10.5 Å². The summed E-state index contributed by atoms with van der Waals surface area (Å²) < 4.78 is 4.69. The lowest BCUT2D eigenvalue weighted by Crippen LogP contribution is -2.28. The van der Waals surface area contributed by atoms with E-state index in [0.717, 1.165) is 6.42 Å². The second-order valence-corrected chi connectivity index (χ2v) is 1.96. The average Bonchev–Trinajstić information content (AvgIpc) is 1.82. The fourth-order valence-corrected chi connectivity index (χ4v) is 0.334. The van der Waals surface area contributed by atoms with Gasteiger partial charge in [0.05, 0.1) is 6.61 Å². The highest BCUT2D eigenvalue weighted by molar-refractivity contribution is 5.74. The van der Waals surface area contributed by atoms with Crippen LogP contribution in [0, 0.1) is 0 Å². The Kier molecular flexibility index (Phi) is 4.05. The molecule has 0 aromatic rings. The molecule has 0 amide bonds. The molecule has 0 aromatic carbocycles. The first-order valence-electron chi connectivity index (χ1n) is 3.10. The third-order valence-corrected chi connectivity index (χ3v) is 0.820. The number of nitrogens with two attached hydrogens (primary N) is 1. The standard InChI is InChI=1S/C6H13NO2/c1-3-4-9-6(8)5(2)7/h5H,3-4,7H2,1-2H3. The summed E-state index contributed by atoms with van der Waals surface area (Å²) in [6.45, 7) is 4.02. The van der Waals surface area contributed by atoms with Gasteiger partial charge in [0.25, 0.3) is 0 Å². The Bertz CT molecular complexity index is 91.1. The summed E-state index contributed by atoms with van der Waals surface area (Å²) in [6, 6.07) is -0.489. The van der Waals surface area contributed by atoms with Gasteiger partial charge in [-0.05, 0) is 13.3 Å². The van der Waals surface area contributed by atoms with E-state index in [1.165, 1.54) is 0 Å². The molecule has 0 rings (SSSR count). The third kappa shape index (κ3) is 3.97. The van der Waals surface area contributed by atoms with Crippen molar-refractivity contribution in [2.24, 2.45) is 5.73 Å². The topological polar surface area (TPSA) is 52.3 Å². The van der Waals surface area contributed by atoms with Crippen LogP contribution in [0.1, 0.15) is 20.3 Å². The summed E-state index contributed by atoms with van der Waals surface area (Å²) in [5.41, 5.74) is 5.20. The van der Waals surface area contributed by atoms with Gasteiger partial charge in [0, 0.05) is 0 Å². The predicted molar refractivity (Wildman–Crippen MR) is 34.9 cm³/mol. The number of hydrogen-bond donors (Lipinski definition) is 1. The van der Waals surface area contributed by atoms with Crippen molar-refractivity contribution in [3.05, 3.63) is 0 Å². The molecule has 0 aliphatic carbocycles. The van der Waals surface area contributed by atoms with Crippen LogP contribution in [0.4, 0.5) is 0 Å². The van der Waals surface area contributed by atoms with Crippen molar-refractivity contribution in [1.82, 2.24) is 0 Å². The molecule has 0 aromatic heterocycles. The van der Waals surface area contributed by atoms with Crippen LogP contribution in [-0.4, -0.2) is 18.6 Å². The SMILES string of the molecule is CCCOC(=O)C(C)N. The maximum absolute atomic E-state index is 10.6. The van der Waals surface area contributed by atoms with Crippen LogP contribution in [0.15, 0.2) is 0 Å². The van der Waals surface area contributed by atoms with Crippen LogP contribution >= 0.6 is 0 Å². The van der Waals surface area contributed by atoms with E-state index in [-0.39, 0.29) is 5.97 Å². The number of hydrogen-bond acceptors (Lipinski definition) is 3. The Labute approximate surface area is 55.2 Å². The molecule has 0 bridgehead atoms. The summed E-state index contributed by atoms with van der Waals surface area (Å²) in [5.74, 6) is -0.322.